The molecule has 0 aromatic heterocycles. The van der Waals surface area contributed by atoms with Crippen molar-refractivity contribution in [2.45, 2.75) is 219 Å². The van der Waals surface area contributed by atoms with Crippen molar-refractivity contribution in [1.82, 2.24) is 0 Å². The van der Waals surface area contributed by atoms with Gasteiger partial charge in [0.2, 0.25) is 0 Å². The molecule has 0 aliphatic carbocycles. The number of rotatable bonds is 39. The van der Waals surface area contributed by atoms with Crippen LogP contribution in [0.5, 0.6) is 0 Å². The fourth-order valence-electron chi connectivity index (χ4n) is 6.00. The van der Waals surface area contributed by atoms with E-state index < -0.39 is 6.10 Å². The summed E-state index contributed by atoms with van der Waals surface area (Å²) in [4.78, 5) is 12.2. The molecule has 0 radical (unpaired) electrons. The lowest BCUT2D eigenvalue weighted by Gasteiger charge is -2.15. The van der Waals surface area contributed by atoms with Gasteiger partial charge >= 0.3 is 5.97 Å². The molecule has 48 heavy (non-hydrogen) atoms. The van der Waals surface area contributed by atoms with Gasteiger partial charge in [-0.15, -0.1) is 0 Å². The van der Waals surface area contributed by atoms with Crippen LogP contribution >= 0.6 is 0 Å². The summed E-state index contributed by atoms with van der Waals surface area (Å²) < 4.78 is 11.2. The monoisotopic (exact) mass is 675 g/mol. The SMILES string of the molecule is CCCCC/C=C\C/C=C\CCCCCCCCCCCC(=O)OC(CO)COCCCCCCCC/C=C\CCCCCCCCC. The maximum atomic E-state index is 12.2. The van der Waals surface area contributed by atoms with Crippen LogP contribution in [0.3, 0.4) is 0 Å². The molecule has 0 fully saturated rings. The van der Waals surface area contributed by atoms with Gasteiger partial charge in [0, 0.05) is 13.0 Å². The third-order valence-electron chi connectivity index (χ3n) is 9.19. The number of carbonyl (C=O) groups excluding carboxylic acids is 1. The molecule has 1 atom stereocenters. The number of aliphatic hydroxyl groups excluding tert-OH is 1. The van der Waals surface area contributed by atoms with E-state index in [1.807, 2.05) is 0 Å². The van der Waals surface area contributed by atoms with Gasteiger partial charge in [0.05, 0.1) is 13.2 Å². The number of ether oxygens (including phenoxy) is 2. The van der Waals surface area contributed by atoms with E-state index in [9.17, 15) is 9.90 Å². The second-order valence-corrected chi connectivity index (χ2v) is 14.1. The van der Waals surface area contributed by atoms with Crippen LogP contribution in [0.4, 0.5) is 0 Å². The molecular formula is C44H82O4. The molecule has 0 saturated heterocycles. The Morgan fingerprint density at radius 2 is 0.875 bits per heavy atom. The van der Waals surface area contributed by atoms with Crippen LogP contribution in [-0.4, -0.2) is 37.0 Å². The highest BCUT2D eigenvalue weighted by Gasteiger charge is 2.13. The fraction of sp³-hybridized carbons (Fsp3) is 0.841. The Morgan fingerprint density at radius 3 is 1.35 bits per heavy atom. The topological polar surface area (TPSA) is 55.8 Å². The Labute approximate surface area is 300 Å². The molecule has 4 heteroatoms. The van der Waals surface area contributed by atoms with Crippen molar-refractivity contribution in [3.63, 3.8) is 0 Å². The molecule has 0 heterocycles. The van der Waals surface area contributed by atoms with Crippen LogP contribution in [-0.2, 0) is 14.3 Å². The van der Waals surface area contributed by atoms with E-state index in [0.29, 0.717) is 19.6 Å². The van der Waals surface area contributed by atoms with Gasteiger partial charge in [0.1, 0.15) is 6.10 Å². The molecule has 0 spiro atoms. The lowest BCUT2D eigenvalue weighted by atomic mass is 10.1. The molecule has 1 N–H and O–H groups in total. The molecule has 0 aromatic rings. The number of carbonyl (C=O) groups is 1. The van der Waals surface area contributed by atoms with Crippen LogP contribution in [0.2, 0.25) is 0 Å². The Bertz CT molecular complexity index is 713. The van der Waals surface area contributed by atoms with E-state index in [1.165, 1.54) is 167 Å². The summed E-state index contributed by atoms with van der Waals surface area (Å²) in [5.41, 5.74) is 0. The zero-order valence-corrected chi connectivity index (χ0v) is 32.3. The van der Waals surface area contributed by atoms with Gasteiger partial charge in [-0.3, -0.25) is 4.79 Å². The zero-order valence-electron chi connectivity index (χ0n) is 32.3. The summed E-state index contributed by atoms with van der Waals surface area (Å²) >= 11 is 0. The lowest BCUT2D eigenvalue weighted by Crippen LogP contribution is -2.27. The molecule has 0 aliphatic rings. The molecule has 4 nitrogen and oxygen atoms in total. The largest absolute Gasteiger partial charge is 0.457 e. The van der Waals surface area contributed by atoms with E-state index >= 15 is 0 Å². The van der Waals surface area contributed by atoms with Gasteiger partial charge in [-0.05, 0) is 70.6 Å². The van der Waals surface area contributed by atoms with Crippen LogP contribution in [0.25, 0.3) is 0 Å². The molecule has 1 unspecified atom stereocenters. The second-order valence-electron chi connectivity index (χ2n) is 14.1. The number of esters is 1. The molecule has 0 aromatic carbocycles. The van der Waals surface area contributed by atoms with E-state index in [0.717, 1.165) is 25.7 Å². The van der Waals surface area contributed by atoms with E-state index in [-0.39, 0.29) is 12.6 Å². The smallest absolute Gasteiger partial charge is 0.306 e. The lowest BCUT2D eigenvalue weighted by molar-refractivity contribution is -0.154. The average Bonchev–Trinajstić information content (AvgIpc) is 3.09. The quantitative estimate of drug-likeness (QED) is 0.0400. The number of unbranched alkanes of at least 4 members (excludes halogenated alkanes) is 25. The predicted octanol–water partition coefficient (Wildman–Crippen LogP) is 13.7. The average molecular weight is 675 g/mol. The first-order chi connectivity index (χ1) is 23.7. The summed E-state index contributed by atoms with van der Waals surface area (Å²) in [6, 6.07) is 0. The maximum Gasteiger partial charge on any atom is 0.306 e. The van der Waals surface area contributed by atoms with Crippen molar-refractivity contribution < 1.29 is 19.4 Å². The van der Waals surface area contributed by atoms with Gasteiger partial charge in [0.25, 0.3) is 0 Å². The van der Waals surface area contributed by atoms with E-state index in [1.54, 1.807) is 0 Å². The van der Waals surface area contributed by atoms with Gasteiger partial charge in [0.15, 0.2) is 0 Å². The van der Waals surface area contributed by atoms with Crippen LogP contribution in [0.15, 0.2) is 36.5 Å². The molecule has 0 rings (SSSR count). The third-order valence-corrected chi connectivity index (χ3v) is 9.19. The van der Waals surface area contributed by atoms with Crippen molar-refractivity contribution in [2.75, 3.05) is 19.8 Å². The number of hydrogen-bond acceptors (Lipinski definition) is 4. The minimum Gasteiger partial charge on any atom is -0.457 e. The molecular weight excluding hydrogens is 592 g/mol. The highest BCUT2D eigenvalue weighted by atomic mass is 16.6. The van der Waals surface area contributed by atoms with E-state index in [4.69, 9.17) is 9.47 Å². The Morgan fingerprint density at radius 1 is 0.500 bits per heavy atom. The molecule has 0 amide bonds. The number of hydrogen-bond donors (Lipinski definition) is 1. The van der Waals surface area contributed by atoms with Gasteiger partial charge in [-0.1, -0.05) is 172 Å². The second kappa shape index (κ2) is 41.8. The molecule has 282 valence electrons. The summed E-state index contributed by atoms with van der Waals surface area (Å²) in [6.07, 6.45) is 51.9. The van der Waals surface area contributed by atoms with Crippen LogP contribution < -0.4 is 0 Å². The maximum absolute atomic E-state index is 12.2. The van der Waals surface area contributed by atoms with Crippen LogP contribution in [0.1, 0.15) is 213 Å². The first-order valence-electron chi connectivity index (χ1n) is 21.1. The Balaban J connectivity index is 3.44. The minimum atomic E-state index is -0.538. The van der Waals surface area contributed by atoms with Crippen molar-refractivity contribution in [3.8, 4) is 0 Å². The summed E-state index contributed by atoms with van der Waals surface area (Å²) in [6.45, 7) is 5.32. The molecule has 0 bridgehead atoms. The highest BCUT2D eigenvalue weighted by Crippen LogP contribution is 2.13. The number of aliphatic hydroxyl groups is 1. The summed E-state index contributed by atoms with van der Waals surface area (Å²) in [5.74, 6) is -0.206. The van der Waals surface area contributed by atoms with E-state index in [2.05, 4.69) is 50.3 Å². The zero-order chi connectivity index (χ0) is 34.9. The van der Waals surface area contributed by atoms with Crippen LogP contribution in [0, 0.1) is 0 Å². The van der Waals surface area contributed by atoms with Gasteiger partial charge in [-0.25, -0.2) is 0 Å². The van der Waals surface area contributed by atoms with Gasteiger partial charge < -0.3 is 14.6 Å². The fourth-order valence-corrected chi connectivity index (χ4v) is 6.00. The minimum absolute atomic E-state index is 0.175. The predicted molar refractivity (Wildman–Crippen MR) is 210 cm³/mol. The first kappa shape index (κ1) is 46.6. The highest BCUT2D eigenvalue weighted by molar-refractivity contribution is 5.69. The first-order valence-corrected chi connectivity index (χ1v) is 21.1. The molecule has 0 aliphatic heterocycles. The standard InChI is InChI=1S/C44H82O4/c1-3-5-7-9-11-13-15-17-19-21-22-23-25-27-29-31-33-35-37-39-44(46)48-43(41-45)42-47-40-38-36-34-32-30-28-26-24-20-18-16-14-12-10-8-6-4-2/h11,13,17,19-20,24,43,45H,3-10,12,14-16,18,21-23,25-42H2,1-2H3/b13-11-,19-17-,24-20-. The van der Waals surface area contributed by atoms with Gasteiger partial charge in [-0.2, -0.15) is 0 Å². The molecule has 0 saturated carbocycles. The Hall–Kier alpha value is -1.39. The third kappa shape index (κ3) is 39.1. The summed E-state index contributed by atoms with van der Waals surface area (Å²) in [5, 5.41) is 9.59. The number of allylic oxidation sites excluding steroid dienone is 6. The van der Waals surface area contributed by atoms with Crippen molar-refractivity contribution in [2.24, 2.45) is 0 Å². The van der Waals surface area contributed by atoms with Crippen molar-refractivity contribution in [3.05, 3.63) is 36.5 Å². The summed E-state index contributed by atoms with van der Waals surface area (Å²) in [7, 11) is 0. The normalized spacial score (nSPS) is 12.6. The van der Waals surface area contributed by atoms with Crippen molar-refractivity contribution >= 4 is 5.97 Å². The Kier molecular flexibility index (Phi) is 40.6. The van der Waals surface area contributed by atoms with Crippen molar-refractivity contribution in [1.29, 1.82) is 0 Å².